The lowest BCUT2D eigenvalue weighted by atomic mass is 10.1. The van der Waals surface area contributed by atoms with Crippen molar-refractivity contribution in [1.82, 2.24) is 25.1 Å². The minimum atomic E-state index is 0.248. The molecule has 0 bridgehead atoms. The summed E-state index contributed by atoms with van der Waals surface area (Å²) in [6.45, 7) is 6.87. The molecule has 2 N–H and O–H groups in total. The fourth-order valence-corrected chi connectivity index (χ4v) is 4.06. The van der Waals surface area contributed by atoms with Gasteiger partial charge in [-0.1, -0.05) is 0 Å². The zero-order valence-corrected chi connectivity index (χ0v) is 17.1. The maximum absolute atomic E-state index is 6.05. The number of nitrogens with zero attached hydrogens (tertiary/aromatic N) is 3. The molecule has 4 aromatic rings. The first kappa shape index (κ1) is 18.8. The Morgan fingerprint density at radius 1 is 1.03 bits per heavy atom. The van der Waals surface area contributed by atoms with Gasteiger partial charge in [-0.15, -0.1) is 0 Å². The zero-order chi connectivity index (χ0) is 20.5. The SMILES string of the molecule is CC1CN(Cc2nc3ccc(Oc4ccc(-c5ccn[nH]5)cc4)cc3[nH]2)CC(C)O1. The van der Waals surface area contributed by atoms with Crippen molar-refractivity contribution in [2.45, 2.75) is 32.6 Å². The van der Waals surface area contributed by atoms with E-state index < -0.39 is 0 Å². The molecule has 0 amide bonds. The Labute approximate surface area is 175 Å². The third-order valence-corrected chi connectivity index (χ3v) is 5.27. The van der Waals surface area contributed by atoms with E-state index >= 15 is 0 Å². The number of nitrogens with one attached hydrogen (secondary N) is 2. The van der Waals surface area contributed by atoms with Gasteiger partial charge in [0.2, 0.25) is 0 Å². The standard InChI is InChI=1S/C23H25N5O2/c1-15-12-28(13-16(2)29-15)14-23-25-21-8-7-19(11-22(21)26-23)30-18-5-3-17(4-6-18)20-9-10-24-27-20/h3-11,15-16H,12-14H2,1-2H3,(H,24,27)(H,25,26). The quantitative estimate of drug-likeness (QED) is 0.518. The van der Waals surface area contributed by atoms with Gasteiger partial charge in [0.15, 0.2) is 0 Å². The van der Waals surface area contributed by atoms with Gasteiger partial charge < -0.3 is 14.5 Å². The number of aromatic amines is 2. The Morgan fingerprint density at radius 2 is 1.80 bits per heavy atom. The molecule has 1 aliphatic rings. The van der Waals surface area contributed by atoms with Gasteiger partial charge in [0.1, 0.15) is 17.3 Å². The van der Waals surface area contributed by atoms with Crippen molar-refractivity contribution >= 4 is 11.0 Å². The van der Waals surface area contributed by atoms with Crippen molar-refractivity contribution in [2.24, 2.45) is 0 Å². The second kappa shape index (κ2) is 7.93. The smallest absolute Gasteiger partial charge is 0.129 e. The average Bonchev–Trinajstić information content (AvgIpc) is 3.37. The molecule has 1 aliphatic heterocycles. The van der Waals surface area contributed by atoms with Crippen LogP contribution in [0.4, 0.5) is 0 Å². The Hall–Kier alpha value is -3.16. The molecular weight excluding hydrogens is 378 g/mol. The minimum Gasteiger partial charge on any atom is -0.457 e. The van der Waals surface area contributed by atoms with Crippen LogP contribution in [0.15, 0.2) is 54.7 Å². The first-order valence-corrected chi connectivity index (χ1v) is 10.3. The topological polar surface area (TPSA) is 79.1 Å². The highest BCUT2D eigenvalue weighted by atomic mass is 16.5. The van der Waals surface area contributed by atoms with Crippen LogP contribution in [-0.4, -0.2) is 50.4 Å². The predicted molar refractivity (Wildman–Crippen MR) is 115 cm³/mol. The van der Waals surface area contributed by atoms with Crippen molar-refractivity contribution in [3.8, 4) is 22.8 Å². The number of morpholine rings is 1. The molecule has 0 saturated carbocycles. The van der Waals surface area contributed by atoms with Crippen LogP contribution in [0.2, 0.25) is 0 Å². The van der Waals surface area contributed by atoms with Crippen molar-refractivity contribution < 1.29 is 9.47 Å². The van der Waals surface area contributed by atoms with Gasteiger partial charge in [0.25, 0.3) is 0 Å². The molecule has 0 spiro atoms. The van der Waals surface area contributed by atoms with Crippen LogP contribution in [0.25, 0.3) is 22.3 Å². The zero-order valence-electron chi connectivity index (χ0n) is 17.1. The van der Waals surface area contributed by atoms with E-state index in [4.69, 9.17) is 14.5 Å². The second-order valence-corrected chi connectivity index (χ2v) is 7.91. The fraction of sp³-hybridized carbons (Fsp3) is 0.304. The van der Waals surface area contributed by atoms with E-state index in [2.05, 4.69) is 33.9 Å². The summed E-state index contributed by atoms with van der Waals surface area (Å²) in [5.74, 6) is 2.53. The number of ether oxygens (including phenoxy) is 2. The Balaban J connectivity index is 1.29. The van der Waals surface area contributed by atoms with Crippen molar-refractivity contribution in [2.75, 3.05) is 13.1 Å². The van der Waals surface area contributed by atoms with Crippen LogP contribution in [-0.2, 0) is 11.3 Å². The molecule has 7 nitrogen and oxygen atoms in total. The normalized spacial score (nSPS) is 19.9. The Kier molecular flexibility index (Phi) is 4.98. The van der Waals surface area contributed by atoms with Gasteiger partial charge >= 0.3 is 0 Å². The lowest BCUT2D eigenvalue weighted by Crippen LogP contribution is -2.44. The molecule has 7 heteroatoms. The molecule has 30 heavy (non-hydrogen) atoms. The second-order valence-electron chi connectivity index (χ2n) is 7.91. The van der Waals surface area contributed by atoms with Crippen LogP contribution >= 0.6 is 0 Å². The van der Waals surface area contributed by atoms with E-state index in [0.717, 1.165) is 59.2 Å². The van der Waals surface area contributed by atoms with E-state index in [1.807, 2.05) is 48.5 Å². The Morgan fingerprint density at radius 3 is 2.53 bits per heavy atom. The number of rotatable bonds is 5. The van der Waals surface area contributed by atoms with Crippen molar-refractivity contribution in [3.63, 3.8) is 0 Å². The van der Waals surface area contributed by atoms with E-state index in [0.29, 0.717) is 0 Å². The number of imidazole rings is 1. The highest BCUT2D eigenvalue weighted by molar-refractivity contribution is 5.77. The molecule has 0 radical (unpaired) electrons. The first-order valence-electron chi connectivity index (χ1n) is 10.3. The maximum Gasteiger partial charge on any atom is 0.129 e. The highest BCUT2D eigenvalue weighted by Crippen LogP contribution is 2.27. The molecular formula is C23H25N5O2. The van der Waals surface area contributed by atoms with Crippen LogP contribution in [0.1, 0.15) is 19.7 Å². The van der Waals surface area contributed by atoms with E-state index in [1.54, 1.807) is 6.20 Å². The molecule has 5 rings (SSSR count). The predicted octanol–water partition coefficient (Wildman–Crippen LogP) is 4.35. The summed E-state index contributed by atoms with van der Waals surface area (Å²) < 4.78 is 11.9. The molecule has 3 heterocycles. The number of hydrogen-bond donors (Lipinski definition) is 2. The van der Waals surface area contributed by atoms with Crippen LogP contribution in [0.3, 0.4) is 0 Å². The Bertz CT molecular complexity index is 1110. The molecule has 2 aromatic heterocycles. The number of fused-ring (bicyclic) bond motifs is 1. The largest absolute Gasteiger partial charge is 0.457 e. The number of H-pyrrole nitrogens is 2. The monoisotopic (exact) mass is 403 g/mol. The average molecular weight is 403 g/mol. The summed E-state index contributed by atoms with van der Waals surface area (Å²) in [4.78, 5) is 10.6. The van der Waals surface area contributed by atoms with Gasteiger partial charge in [0.05, 0.1) is 35.5 Å². The van der Waals surface area contributed by atoms with Crippen LogP contribution < -0.4 is 4.74 Å². The molecule has 0 aliphatic carbocycles. The fourth-order valence-electron chi connectivity index (χ4n) is 4.06. The first-order chi connectivity index (χ1) is 14.6. The third kappa shape index (κ3) is 4.08. The summed E-state index contributed by atoms with van der Waals surface area (Å²) in [5.41, 5.74) is 3.98. The highest BCUT2D eigenvalue weighted by Gasteiger charge is 2.23. The summed E-state index contributed by atoms with van der Waals surface area (Å²) in [6.07, 6.45) is 2.24. The van der Waals surface area contributed by atoms with Crippen molar-refractivity contribution in [1.29, 1.82) is 0 Å². The summed E-state index contributed by atoms with van der Waals surface area (Å²) >= 11 is 0. The van der Waals surface area contributed by atoms with Gasteiger partial charge in [-0.05, 0) is 61.9 Å². The lowest BCUT2D eigenvalue weighted by molar-refractivity contribution is -0.0710. The summed E-state index contributed by atoms with van der Waals surface area (Å²) in [5, 5.41) is 6.96. The number of hydrogen-bond acceptors (Lipinski definition) is 5. The number of benzene rings is 2. The maximum atomic E-state index is 6.05. The van der Waals surface area contributed by atoms with E-state index in [-0.39, 0.29) is 12.2 Å². The summed E-state index contributed by atoms with van der Waals surface area (Å²) in [7, 11) is 0. The lowest BCUT2D eigenvalue weighted by Gasteiger charge is -2.34. The van der Waals surface area contributed by atoms with E-state index in [1.165, 1.54) is 0 Å². The van der Waals surface area contributed by atoms with Gasteiger partial charge in [0, 0.05) is 25.4 Å². The third-order valence-electron chi connectivity index (χ3n) is 5.27. The molecule has 2 aromatic carbocycles. The molecule has 2 atom stereocenters. The number of aromatic nitrogens is 4. The van der Waals surface area contributed by atoms with Crippen LogP contribution in [0.5, 0.6) is 11.5 Å². The van der Waals surface area contributed by atoms with Gasteiger partial charge in [-0.3, -0.25) is 10.00 Å². The molecule has 1 fully saturated rings. The summed E-state index contributed by atoms with van der Waals surface area (Å²) in [6, 6.07) is 15.8. The molecule has 154 valence electrons. The van der Waals surface area contributed by atoms with Crippen LogP contribution in [0, 0.1) is 0 Å². The molecule has 1 saturated heterocycles. The van der Waals surface area contributed by atoms with Gasteiger partial charge in [-0.25, -0.2) is 4.98 Å². The van der Waals surface area contributed by atoms with Crippen molar-refractivity contribution in [3.05, 3.63) is 60.6 Å². The molecule has 2 unspecified atom stereocenters. The minimum absolute atomic E-state index is 0.248. The van der Waals surface area contributed by atoms with Gasteiger partial charge in [-0.2, -0.15) is 5.10 Å². The van der Waals surface area contributed by atoms with E-state index in [9.17, 15) is 0 Å².